The van der Waals surface area contributed by atoms with Gasteiger partial charge in [0, 0.05) is 31.4 Å². The number of nitrogens with one attached hydrogen (secondary N) is 1. The summed E-state index contributed by atoms with van der Waals surface area (Å²) < 4.78 is 0. The summed E-state index contributed by atoms with van der Waals surface area (Å²) in [4.78, 5) is 29.9. The monoisotopic (exact) mass is 249 g/mol. The molecule has 1 saturated heterocycles. The lowest BCUT2D eigenvalue weighted by Gasteiger charge is -2.27. The maximum Gasteiger partial charge on any atom is 0.255 e. The number of amides is 1. The molecule has 1 fully saturated rings. The van der Waals surface area contributed by atoms with Gasteiger partial charge < -0.3 is 14.8 Å². The molecule has 0 bridgehead atoms. The van der Waals surface area contributed by atoms with E-state index in [0.717, 1.165) is 25.9 Å². The fourth-order valence-corrected chi connectivity index (χ4v) is 2.42. The molecule has 0 radical (unpaired) electrons. The molecule has 1 amide bonds. The van der Waals surface area contributed by atoms with E-state index in [0.29, 0.717) is 5.56 Å². The Kier molecular flexibility index (Phi) is 3.81. The number of aromatic nitrogens is 1. The number of hydrogen-bond donors (Lipinski definition) is 1. The first-order chi connectivity index (χ1) is 8.58. The number of carbonyl (C=O) groups excluding carboxylic acids is 1. The van der Waals surface area contributed by atoms with Crippen molar-refractivity contribution in [1.82, 2.24) is 14.8 Å². The first-order valence-corrected chi connectivity index (χ1v) is 6.22. The number of aromatic amines is 1. The molecular weight excluding hydrogens is 230 g/mol. The van der Waals surface area contributed by atoms with E-state index in [-0.39, 0.29) is 17.5 Å². The standard InChI is InChI=1S/C13H19N3O2/c1-15(2)9-11-4-3-7-16(11)13(18)10-5-6-12(17)14-8-10/h5-6,8,11H,3-4,7,9H2,1-2H3,(H,14,17). The SMILES string of the molecule is CN(C)CC1CCCN1C(=O)c1ccc(=O)[nH]c1. The molecule has 1 aliphatic heterocycles. The zero-order valence-electron chi connectivity index (χ0n) is 10.8. The Morgan fingerprint density at radius 1 is 1.50 bits per heavy atom. The van der Waals surface area contributed by atoms with Crippen LogP contribution in [-0.4, -0.2) is 53.9 Å². The highest BCUT2D eigenvalue weighted by molar-refractivity contribution is 5.94. The number of H-pyrrole nitrogens is 1. The fraction of sp³-hybridized carbons (Fsp3) is 0.538. The Morgan fingerprint density at radius 3 is 2.89 bits per heavy atom. The third-order valence-corrected chi connectivity index (χ3v) is 3.25. The van der Waals surface area contributed by atoms with Gasteiger partial charge in [0.05, 0.1) is 5.56 Å². The van der Waals surface area contributed by atoms with Crippen molar-refractivity contribution in [2.45, 2.75) is 18.9 Å². The molecule has 1 unspecified atom stereocenters. The molecule has 98 valence electrons. The molecular formula is C13H19N3O2. The molecule has 0 spiro atoms. The average Bonchev–Trinajstić information content (AvgIpc) is 2.76. The van der Waals surface area contributed by atoms with Crippen LogP contribution < -0.4 is 5.56 Å². The summed E-state index contributed by atoms with van der Waals surface area (Å²) in [5.74, 6) is 0.00981. The second-order valence-electron chi connectivity index (χ2n) is 5.00. The Labute approximate surface area is 106 Å². The van der Waals surface area contributed by atoms with Gasteiger partial charge in [-0.1, -0.05) is 0 Å². The normalized spacial score (nSPS) is 19.5. The van der Waals surface area contributed by atoms with Crippen LogP contribution in [0.25, 0.3) is 0 Å². The van der Waals surface area contributed by atoms with Crippen molar-refractivity contribution in [3.63, 3.8) is 0 Å². The predicted octanol–water partition coefficient (Wildman–Crippen LogP) is 0.541. The summed E-state index contributed by atoms with van der Waals surface area (Å²) in [7, 11) is 4.03. The number of nitrogens with zero attached hydrogens (tertiary/aromatic N) is 2. The molecule has 5 heteroatoms. The minimum atomic E-state index is -0.183. The zero-order valence-corrected chi connectivity index (χ0v) is 10.8. The van der Waals surface area contributed by atoms with Crippen molar-refractivity contribution >= 4 is 5.91 Å². The third kappa shape index (κ3) is 2.79. The van der Waals surface area contributed by atoms with Crippen molar-refractivity contribution in [3.8, 4) is 0 Å². The van der Waals surface area contributed by atoms with E-state index in [1.54, 1.807) is 6.07 Å². The third-order valence-electron chi connectivity index (χ3n) is 3.25. The van der Waals surface area contributed by atoms with Gasteiger partial charge in [0.15, 0.2) is 0 Å². The maximum absolute atomic E-state index is 12.3. The second kappa shape index (κ2) is 5.35. The van der Waals surface area contributed by atoms with Gasteiger partial charge in [0.2, 0.25) is 5.56 Å². The molecule has 1 aromatic rings. The van der Waals surface area contributed by atoms with Crippen molar-refractivity contribution in [3.05, 3.63) is 34.2 Å². The Morgan fingerprint density at radius 2 is 2.28 bits per heavy atom. The van der Waals surface area contributed by atoms with Crippen molar-refractivity contribution in [2.75, 3.05) is 27.2 Å². The van der Waals surface area contributed by atoms with Crippen LogP contribution in [0.2, 0.25) is 0 Å². The molecule has 0 aromatic carbocycles. The first-order valence-electron chi connectivity index (χ1n) is 6.22. The topological polar surface area (TPSA) is 56.4 Å². The molecule has 0 saturated carbocycles. The number of carbonyl (C=O) groups is 1. The Balaban J connectivity index is 2.12. The van der Waals surface area contributed by atoms with Gasteiger partial charge in [-0.2, -0.15) is 0 Å². The van der Waals surface area contributed by atoms with E-state index in [4.69, 9.17) is 0 Å². The van der Waals surface area contributed by atoms with E-state index in [1.165, 1.54) is 12.3 Å². The van der Waals surface area contributed by atoms with Crippen LogP contribution >= 0.6 is 0 Å². The molecule has 1 N–H and O–H groups in total. The summed E-state index contributed by atoms with van der Waals surface area (Å²) in [5.41, 5.74) is 0.373. The summed E-state index contributed by atoms with van der Waals surface area (Å²) in [6.07, 6.45) is 3.59. The lowest BCUT2D eigenvalue weighted by Crippen LogP contribution is -2.41. The number of hydrogen-bond acceptors (Lipinski definition) is 3. The van der Waals surface area contributed by atoms with E-state index in [2.05, 4.69) is 9.88 Å². The molecule has 2 heterocycles. The minimum Gasteiger partial charge on any atom is -0.334 e. The minimum absolute atomic E-state index is 0.00981. The summed E-state index contributed by atoms with van der Waals surface area (Å²) >= 11 is 0. The molecule has 5 nitrogen and oxygen atoms in total. The number of rotatable bonds is 3. The lowest BCUT2D eigenvalue weighted by atomic mass is 10.2. The number of pyridine rings is 1. The zero-order chi connectivity index (χ0) is 13.1. The van der Waals surface area contributed by atoms with Crippen LogP contribution in [0.5, 0.6) is 0 Å². The van der Waals surface area contributed by atoms with E-state index in [1.807, 2.05) is 19.0 Å². The number of likely N-dealkylation sites (tertiary alicyclic amines) is 1. The largest absolute Gasteiger partial charge is 0.334 e. The van der Waals surface area contributed by atoms with Gasteiger partial charge >= 0.3 is 0 Å². The van der Waals surface area contributed by atoms with Crippen LogP contribution in [0.3, 0.4) is 0 Å². The Bertz CT molecular complexity index is 461. The second-order valence-corrected chi connectivity index (χ2v) is 5.00. The summed E-state index contributed by atoms with van der Waals surface area (Å²) in [6.45, 7) is 1.69. The number of likely N-dealkylation sites (N-methyl/N-ethyl adjacent to an activating group) is 1. The Hall–Kier alpha value is -1.62. The molecule has 1 aliphatic rings. The maximum atomic E-state index is 12.3. The molecule has 0 aliphatic carbocycles. The molecule has 1 atom stereocenters. The van der Waals surface area contributed by atoms with Crippen LogP contribution in [0.4, 0.5) is 0 Å². The smallest absolute Gasteiger partial charge is 0.255 e. The highest BCUT2D eigenvalue weighted by atomic mass is 16.2. The molecule has 2 rings (SSSR count). The van der Waals surface area contributed by atoms with Crippen molar-refractivity contribution < 1.29 is 4.79 Å². The van der Waals surface area contributed by atoms with Gasteiger partial charge in [-0.3, -0.25) is 9.59 Å². The lowest BCUT2D eigenvalue weighted by molar-refractivity contribution is 0.0716. The highest BCUT2D eigenvalue weighted by Gasteiger charge is 2.29. The van der Waals surface area contributed by atoms with Gasteiger partial charge in [-0.05, 0) is 33.0 Å². The summed E-state index contributed by atoms with van der Waals surface area (Å²) in [5, 5.41) is 0. The molecule has 1 aromatic heterocycles. The van der Waals surface area contributed by atoms with E-state index >= 15 is 0 Å². The van der Waals surface area contributed by atoms with Crippen LogP contribution in [0.15, 0.2) is 23.1 Å². The quantitative estimate of drug-likeness (QED) is 0.850. The van der Waals surface area contributed by atoms with Gasteiger partial charge in [0.1, 0.15) is 0 Å². The van der Waals surface area contributed by atoms with E-state index in [9.17, 15) is 9.59 Å². The summed E-state index contributed by atoms with van der Waals surface area (Å²) in [6, 6.07) is 3.26. The highest BCUT2D eigenvalue weighted by Crippen LogP contribution is 2.20. The fourth-order valence-electron chi connectivity index (χ4n) is 2.42. The van der Waals surface area contributed by atoms with Crippen LogP contribution in [-0.2, 0) is 0 Å². The van der Waals surface area contributed by atoms with E-state index < -0.39 is 0 Å². The van der Waals surface area contributed by atoms with Crippen LogP contribution in [0.1, 0.15) is 23.2 Å². The van der Waals surface area contributed by atoms with Crippen molar-refractivity contribution in [1.29, 1.82) is 0 Å². The van der Waals surface area contributed by atoms with Crippen molar-refractivity contribution in [2.24, 2.45) is 0 Å². The first kappa shape index (κ1) is 12.8. The van der Waals surface area contributed by atoms with Crippen LogP contribution in [0, 0.1) is 0 Å². The van der Waals surface area contributed by atoms with Gasteiger partial charge in [0.25, 0.3) is 5.91 Å². The predicted molar refractivity (Wildman–Crippen MR) is 69.7 cm³/mol. The average molecular weight is 249 g/mol. The van der Waals surface area contributed by atoms with Gasteiger partial charge in [-0.15, -0.1) is 0 Å². The molecule has 18 heavy (non-hydrogen) atoms. The van der Waals surface area contributed by atoms with Gasteiger partial charge in [-0.25, -0.2) is 0 Å².